The first-order valence-corrected chi connectivity index (χ1v) is 3.23. The van der Waals surface area contributed by atoms with Gasteiger partial charge in [0, 0.05) is 0 Å². The molecule has 0 aromatic carbocycles. The third-order valence-electron chi connectivity index (χ3n) is 1.68. The van der Waals surface area contributed by atoms with Crippen LogP contribution in [0.15, 0.2) is 0 Å². The van der Waals surface area contributed by atoms with Gasteiger partial charge in [-0.25, -0.2) is 0 Å². The Morgan fingerprint density at radius 3 is 2.57 bits per heavy atom. The zero-order valence-corrected chi connectivity index (χ0v) is 4.98. The van der Waals surface area contributed by atoms with E-state index in [9.17, 15) is 0 Å². The Kier molecular flexibility index (Phi) is 1.69. The van der Waals surface area contributed by atoms with E-state index < -0.39 is 0 Å². The average molecular weight is 100 g/mol. The van der Waals surface area contributed by atoms with Crippen LogP contribution in [0.5, 0.6) is 0 Å². The van der Waals surface area contributed by atoms with E-state index in [1.165, 1.54) is 25.8 Å². The van der Waals surface area contributed by atoms with E-state index in [-0.39, 0.29) is 0 Å². The number of hydrogen-bond acceptors (Lipinski definition) is 0. The molecule has 1 atom stereocenters. The maximum atomic E-state index is 2.43. The highest BCUT2D eigenvalue weighted by Gasteiger charge is 2.08. The van der Waals surface area contributed by atoms with E-state index in [0.29, 0.717) is 0 Å². The summed E-state index contributed by atoms with van der Waals surface area (Å²) in [5.41, 5.74) is 0. The molecular weight excluding hydrogens is 86.1 g/mol. The van der Waals surface area contributed by atoms with Crippen LogP contribution in [0.2, 0.25) is 0 Å². The maximum Gasteiger partial charge on any atom is 0.0830 e. The number of nitrogens with two attached hydrogens (primary N) is 1. The zero-order chi connectivity index (χ0) is 5.11. The first-order valence-electron chi connectivity index (χ1n) is 3.23. The Balaban J connectivity index is 2.12. The predicted octanol–water partition coefficient (Wildman–Crippen LogP) is 0.122. The molecule has 0 bridgehead atoms. The normalized spacial score (nSPS) is 33.0. The second-order valence-electron chi connectivity index (χ2n) is 2.50. The summed E-state index contributed by atoms with van der Waals surface area (Å²) in [6.07, 6.45) is 4.32. The van der Waals surface area contributed by atoms with Crippen molar-refractivity contribution < 1.29 is 5.32 Å². The minimum atomic E-state index is 0.911. The van der Waals surface area contributed by atoms with E-state index in [1.807, 2.05) is 0 Å². The molecule has 1 nitrogen and oxygen atoms in total. The van der Waals surface area contributed by atoms with Crippen molar-refractivity contribution in [3.63, 3.8) is 0 Å². The first kappa shape index (κ1) is 5.10. The van der Waals surface area contributed by atoms with Crippen molar-refractivity contribution in [2.75, 3.05) is 6.54 Å². The molecule has 1 aliphatic rings. The van der Waals surface area contributed by atoms with E-state index >= 15 is 0 Å². The van der Waals surface area contributed by atoms with Crippen molar-refractivity contribution in [2.24, 2.45) is 0 Å². The summed E-state index contributed by atoms with van der Waals surface area (Å²) in [5.74, 6) is 0. The fourth-order valence-electron chi connectivity index (χ4n) is 1.13. The summed E-state index contributed by atoms with van der Waals surface area (Å²) in [7, 11) is 0. The van der Waals surface area contributed by atoms with E-state index in [0.717, 1.165) is 6.04 Å². The topological polar surface area (TPSA) is 16.6 Å². The monoisotopic (exact) mass is 100 g/mol. The molecule has 1 fully saturated rings. The van der Waals surface area contributed by atoms with Crippen LogP contribution >= 0.6 is 0 Å². The summed E-state index contributed by atoms with van der Waals surface area (Å²) in [6, 6.07) is 0.911. The Labute approximate surface area is 45.1 Å². The van der Waals surface area contributed by atoms with Crippen molar-refractivity contribution in [1.29, 1.82) is 0 Å². The van der Waals surface area contributed by atoms with Crippen LogP contribution in [-0.4, -0.2) is 12.6 Å². The molecule has 0 radical (unpaired) electrons. The first-order chi connectivity index (χ1) is 3.39. The molecule has 0 amide bonds. The molecule has 0 aromatic rings. The van der Waals surface area contributed by atoms with Gasteiger partial charge in [-0.1, -0.05) is 0 Å². The van der Waals surface area contributed by atoms with Gasteiger partial charge in [-0.15, -0.1) is 0 Å². The van der Waals surface area contributed by atoms with Gasteiger partial charge < -0.3 is 5.32 Å². The molecule has 1 aliphatic heterocycles. The van der Waals surface area contributed by atoms with Gasteiger partial charge in [-0.3, -0.25) is 0 Å². The SMILES string of the molecule is CC1CCCC[NH2+]1. The molecule has 2 N–H and O–H groups in total. The summed E-state index contributed by atoms with van der Waals surface area (Å²) in [5, 5.41) is 2.43. The van der Waals surface area contributed by atoms with Gasteiger partial charge in [0.1, 0.15) is 0 Å². The van der Waals surface area contributed by atoms with Crippen LogP contribution in [0, 0.1) is 0 Å². The van der Waals surface area contributed by atoms with E-state index in [4.69, 9.17) is 0 Å². The molecule has 0 spiro atoms. The fraction of sp³-hybridized carbons (Fsp3) is 1.00. The van der Waals surface area contributed by atoms with Crippen molar-refractivity contribution in [3.05, 3.63) is 0 Å². The lowest BCUT2D eigenvalue weighted by Crippen LogP contribution is -2.90. The molecule has 7 heavy (non-hydrogen) atoms. The molecular formula is C6H14N+. The summed E-state index contributed by atoms with van der Waals surface area (Å²) < 4.78 is 0. The maximum absolute atomic E-state index is 2.43. The van der Waals surface area contributed by atoms with Crippen LogP contribution < -0.4 is 5.32 Å². The zero-order valence-electron chi connectivity index (χ0n) is 4.98. The quantitative estimate of drug-likeness (QED) is 0.445. The van der Waals surface area contributed by atoms with Crippen LogP contribution in [0.4, 0.5) is 0 Å². The highest BCUT2D eigenvalue weighted by atomic mass is 14.9. The second-order valence-corrected chi connectivity index (χ2v) is 2.50. The summed E-state index contributed by atoms with van der Waals surface area (Å²) in [4.78, 5) is 0. The van der Waals surface area contributed by atoms with Crippen molar-refractivity contribution in [1.82, 2.24) is 0 Å². The lowest BCUT2D eigenvalue weighted by atomic mass is 10.1. The number of rotatable bonds is 0. The van der Waals surface area contributed by atoms with Gasteiger partial charge in [-0.2, -0.15) is 0 Å². The van der Waals surface area contributed by atoms with Gasteiger partial charge in [0.25, 0.3) is 0 Å². The number of quaternary nitrogens is 1. The molecule has 0 saturated carbocycles. The van der Waals surface area contributed by atoms with Gasteiger partial charge in [-0.05, 0) is 26.2 Å². The van der Waals surface area contributed by atoms with Crippen LogP contribution in [0.1, 0.15) is 26.2 Å². The van der Waals surface area contributed by atoms with Crippen LogP contribution in [-0.2, 0) is 0 Å². The largest absolute Gasteiger partial charge is 0.344 e. The molecule has 42 valence electrons. The number of piperidine rings is 1. The molecule has 1 unspecified atom stereocenters. The standard InChI is InChI=1S/C6H13N/c1-6-4-2-3-5-7-6/h6-7H,2-5H2,1H3/p+1. The molecule has 1 heterocycles. The van der Waals surface area contributed by atoms with Crippen molar-refractivity contribution in [2.45, 2.75) is 32.2 Å². The Morgan fingerprint density at radius 1 is 1.43 bits per heavy atom. The molecule has 1 heteroatoms. The lowest BCUT2D eigenvalue weighted by molar-refractivity contribution is -0.694. The molecule has 0 aromatic heterocycles. The van der Waals surface area contributed by atoms with Crippen molar-refractivity contribution in [3.8, 4) is 0 Å². The second kappa shape index (κ2) is 2.31. The third kappa shape index (κ3) is 1.48. The van der Waals surface area contributed by atoms with Gasteiger partial charge >= 0.3 is 0 Å². The Morgan fingerprint density at radius 2 is 2.29 bits per heavy atom. The molecule has 1 saturated heterocycles. The van der Waals surface area contributed by atoms with Crippen molar-refractivity contribution >= 4 is 0 Å². The minimum Gasteiger partial charge on any atom is -0.344 e. The van der Waals surface area contributed by atoms with Gasteiger partial charge in [0.05, 0.1) is 12.6 Å². The van der Waals surface area contributed by atoms with Crippen LogP contribution in [0.25, 0.3) is 0 Å². The predicted molar refractivity (Wildman–Crippen MR) is 30.1 cm³/mol. The summed E-state index contributed by atoms with van der Waals surface area (Å²) >= 11 is 0. The van der Waals surface area contributed by atoms with E-state index in [1.54, 1.807) is 0 Å². The van der Waals surface area contributed by atoms with E-state index in [2.05, 4.69) is 12.2 Å². The fourth-order valence-corrected chi connectivity index (χ4v) is 1.13. The highest BCUT2D eigenvalue weighted by molar-refractivity contribution is 4.50. The average Bonchev–Trinajstić information content (AvgIpc) is 1.69. The Hall–Kier alpha value is -0.0400. The highest BCUT2D eigenvalue weighted by Crippen LogP contribution is 1.98. The van der Waals surface area contributed by atoms with Gasteiger partial charge in [0.15, 0.2) is 0 Å². The third-order valence-corrected chi connectivity index (χ3v) is 1.68. The van der Waals surface area contributed by atoms with Gasteiger partial charge in [0.2, 0.25) is 0 Å². The summed E-state index contributed by atoms with van der Waals surface area (Å²) in [6.45, 7) is 3.67. The molecule has 0 aliphatic carbocycles. The van der Waals surface area contributed by atoms with Crippen LogP contribution in [0.3, 0.4) is 0 Å². The smallest absolute Gasteiger partial charge is 0.0830 e. The number of hydrogen-bond donors (Lipinski definition) is 1. The lowest BCUT2D eigenvalue weighted by Gasteiger charge is -2.14. The minimum absolute atomic E-state index is 0.911. The Bertz CT molecular complexity index is 46.1. The molecule has 1 rings (SSSR count).